The Morgan fingerprint density at radius 2 is 1.91 bits per heavy atom. The molecule has 0 atom stereocenters. The van der Waals surface area contributed by atoms with Crippen LogP contribution in [-0.4, -0.2) is 59.5 Å². The minimum atomic E-state index is -1.02. The number of halogens is 1. The molecule has 3 heterocycles. The molecule has 6 rings (SSSR count). The van der Waals surface area contributed by atoms with Gasteiger partial charge in [0.05, 0.1) is 41.1 Å². The number of hydrogen-bond acceptors (Lipinski definition) is 7. The quantitative estimate of drug-likeness (QED) is 0.228. The first-order valence-corrected chi connectivity index (χ1v) is 14.0. The highest BCUT2D eigenvalue weighted by Crippen LogP contribution is 2.35. The maximum Gasteiger partial charge on any atom is 0.335 e. The van der Waals surface area contributed by atoms with Crippen molar-refractivity contribution in [3.8, 4) is 22.9 Å². The minimum absolute atomic E-state index is 0.163. The van der Waals surface area contributed by atoms with Crippen molar-refractivity contribution >= 4 is 22.7 Å². The lowest BCUT2D eigenvalue weighted by Gasteiger charge is -2.29. The monoisotopic (exact) mass is 582 g/mol. The molecule has 9 nitrogen and oxygen atoms in total. The van der Waals surface area contributed by atoms with Gasteiger partial charge in [-0.15, -0.1) is 0 Å². The fourth-order valence-corrected chi connectivity index (χ4v) is 5.26. The van der Waals surface area contributed by atoms with E-state index < -0.39 is 5.97 Å². The predicted molar refractivity (Wildman–Crippen MR) is 161 cm³/mol. The SMILES string of the molecule is COCCn1c(Cc2ccc(-c3cccc(OCc4cccc5c4OCCN5C)n3)cc2F)nc2ccc(C(=O)O)cc21. The van der Waals surface area contributed by atoms with Gasteiger partial charge in [-0.25, -0.2) is 19.2 Å². The van der Waals surface area contributed by atoms with E-state index in [2.05, 4.69) is 14.9 Å². The summed E-state index contributed by atoms with van der Waals surface area (Å²) in [5.74, 6) is 0.459. The smallest absolute Gasteiger partial charge is 0.335 e. The summed E-state index contributed by atoms with van der Waals surface area (Å²) >= 11 is 0. The number of anilines is 1. The van der Waals surface area contributed by atoms with Crippen LogP contribution in [0, 0.1) is 5.82 Å². The molecule has 0 aliphatic carbocycles. The molecule has 10 heteroatoms. The molecule has 0 spiro atoms. The van der Waals surface area contributed by atoms with Gasteiger partial charge in [0.1, 0.15) is 30.6 Å². The second-order valence-corrected chi connectivity index (χ2v) is 10.3. The fraction of sp³-hybridized carbons (Fsp3) is 0.242. The first-order valence-electron chi connectivity index (χ1n) is 14.0. The molecule has 1 aliphatic rings. The molecule has 0 unspecified atom stereocenters. The summed E-state index contributed by atoms with van der Waals surface area (Å²) in [5, 5.41) is 9.44. The molecule has 0 saturated carbocycles. The molecule has 5 aromatic rings. The summed E-state index contributed by atoms with van der Waals surface area (Å²) in [6, 6.07) is 21.2. The van der Waals surface area contributed by atoms with Crippen LogP contribution in [-0.2, 0) is 24.3 Å². The van der Waals surface area contributed by atoms with E-state index in [1.165, 1.54) is 12.1 Å². The van der Waals surface area contributed by atoms with Crippen LogP contribution in [0.15, 0.2) is 72.8 Å². The van der Waals surface area contributed by atoms with Crippen molar-refractivity contribution < 1.29 is 28.5 Å². The van der Waals surface area contributed by atoms with Crippen LogP contribution < -0.4 is 14.4 Å². The first kappa shape index (κ1) is 28.2. The number of hydrogen-bond donors (Lipinski definition) is 1. The molecular formula is C33H31FN4O5. The van der Waals surface area contributed by atoms with E-state index >= 15 is 4.39 Å². The van der Waals surface area contributed by atoms with Gasteiger partial charge in [0.25, 0.3) is 0 Å². The second-order valence-electron chi connectivity index (χ2n) is 10.3. The predicted octanol–water partition coefficient (Wildman–Crippen LogP) is 5.58. The summed E-state index contributed by atoms with van der Waals surface area (Å²) in [6.07, 6.45) is 0.224. The third-order valence-corrected chi connectivity index (χ3v) is 7.55. The van der Waals surface area contributed by atoms with E-state index in [0.29, 0.717) is 65.9 Å². The van der Waals surface area contributed by atoms with E-state index in [1.54, 1.807) is 31.4 Å². The van der Waals surface area contributed by atoms with Gasteiger partial charge in [0.15, 0.2) is 0 Å². The van der Waals surface area contributed by atoms with Gasteiger partial charge in [-0.1, -0.05) is 30.3 Å². The van der Waals surface area contributed by atoms with Gasteiger partial charge in [0, 0.05) is 44.3 Å². The van der Waals surface area contributed by atoms with Crippen LogP contribution in [0.25, 0.3) is 22.3 Å². The normalized spacial score (nSPS) is 12.7. The highest BCUT2D eigenvalue weighted by molar-refractivity contribution is 5.92. The number of aromatic nitrogens is 3. The van der Waals surface area contributed by atoms with Crippen molar-refractivity contribution in [1.29, 1.82) is 0 Å². The summed E-state index contributed by atoms with van der Waals surface area (Å²) in [4.78, 5) is 23.0. The third kappa shape index (κ3) is 5.87. The van der Waals surface area contributed by atoms with Gasteiger partial charge in [-0.2, -0.15) is 0 Å². The Balaban J connectivity index is 1.21. The molecular weight excluding hydrogens is 551 g/mol. The average molecular weight is 583 g/mol. The number of carboxylic acid groups (broad SMARTS) is 1. The number of para-hydroxylation sites is 1. The Morgan fingerprint density at radius 3 is 2.72 bits per heavy atom. The van der Waals surface area contributed by atoms with Crippen molar-refractivity contribution in [2.75, 3.05) is 38.8 Å². The van der Waals surface area contributed by atoms with Crippen LogP contribution in [0.5, 0.6) is 11.6 Å². The number of fused-ring (bicyclic) bond motifs is 2. The Morgan fingerprint density at radius 1 is 1.05 bits per heavy atom. The van der Waals surface area contributed by atoms with Crippen LogP contribution in [0.3, 0.4) is 0 Å². The van der Waals surface area contributed by atoms with E-state index in [1.807, 2.05) is 48.0 Å². The number of rotatable bonds is 10. The first-order chi connectivity index (χ1) is 20.9. The van der Waals surface area contributed by atoms with Crippen molar-refractivity contribution in [2.45, 2.75) is 19.6 Å². The number of methoxy groups -OCH3 is 1. The zero-order valence-corrected chi connectivity index (χ0v) is 23.9. The molecule has 220 valence electrons. The number of nitrogens with zero attached hydrogens (tertiary/aromatic N) is 4. The Bertz CT molecular complexity index is 1800. The van der Waals surface area contributed by atoms with Crippen LogP contribution in [0.1, 0.15) is 27.3 Å². The van der Waals surface area contributed by atoms with Gasteiger partial charge < -0.3 is 28.8 Å². The summed E-state index contributed by atoms with van der Waals surface area (Å²) < 4.78 is 34.5. The van der Waals surface area contributed by atoms with Crippen LogP contribution >= 0.6 is 0 Å². The molecule has 0 saturated heterocycles. The number of pyridine rings is 1. The van der Waals surface area contributed by atoms with Crippen molar-refractivity contribution in [3.05, 3.63) is 101 Å². The zero-order chi connectivity index (χ0) is 29.9. The number of ether oxygens (including phenoxy) is 3. The van der Waals surface area contributed by atoms with Crippen molar-refractivity contribution in [1.82, 2.24) is 14.5 Å². The molecule has 1 N–H and O–H groups in total. The highest BCUT2D eigenvalue weighted by Gasteiger charge is 2.19. The number of carboxylic acids is 1. The van der Waals surface area contributed by atoms with Gasteiger partial charge in [0.2, 0.25) is 5.88 Å². The lowest BCUT2D eigenvalue weighted by molar-refractivity contribution is 0.0697. The molecule has 0 amide bonds. The number of benzene rings is 3. The van der Waals surface area contributed by atoms with E-state index in [0.717, 1.165) is 23.5 Å². The Labute approximate surface area is 248 Å². The number of imidazole rings is 1. The second kappa shape index (κ2) is 12.1. The van der Waals surface area contributed by atoms with Gasteiger partial charge >= 0.3 is 5.97 Å². The molecule has 43 heavy (non-hydrogen) atoms. The number of likely N-dealkylation sites (N-methyl/N-ethyl adjacent to an activating group) is 1. The largest absolute Gasteiger partial charge is 0.489 e. The number of aromatic carboxylic acids is 1. The standard InChI is InChI=1S/C33H31FN4O5/c1-37-13-16-42-32-24(5-3-7-28(32)37)20-43-31-8-4-6-26(36-31)22-10-9-21(25(34)17-22)19-30-35-27-12-11-23(33(39)40)18-29(27)38(30)14-15-41-2/h3-12,17-18H,13-16,19-20H2,1-2H3,(H,39,40). The Hall–Kier alpha value is -4.96. The van der Waals surface area contributed by atoms with E-state index in [-0.39, 0.29) is 17.8 Å². The zero-order valence-electron chi connectivity index (χ0n) is 23.9. The molecule has 0 radical (unpaired) electrons. The molecule has 1 aliphatic heterocycles. The van der Waals surface area contributed by atoms with Crippen LogP contribution in [0.2, 0.25) is 0 Å². The molecule has 2 aromatic heterocycles. The Kier molecular flexibility index (Phi) is 7.93. The minimum Gasteiger partial charge on any atom is -0.489 e. The molecule has 3 aromatic carbocycles. The average Bonchev–Trinajstić information content (AvgIpc) is 3.36. The molecule has 0 bridgehead atoms. The lowest BCUT2D eigenvalue weighted by Crippen LogP contribution is -2.29. The van der Waals surface area contributed by atoms with Crippen molar-refractivity contribution in [3.63, 3.8) is 0 Å². The maximum atomic E-state index is 15.5. The van der Waals surface area contributed by atoms with E-state index in [9.17, 15) is 9.90 Å². The van der Waals surface area contributed by atoms with Crippen molar-refractivity contribution in [2.24, 2.45) is 0 Å². The van der Waals surface area contributed by atoms with Crippen LogP contribution in [0.4, 0.5) is 10.1 Å². The van der Waals surface area contributed by atoms with Gasteiger partial charge in [-0.3, -0.25) is 0 Å². The summed E-state index contributed by atoms with van der Waals surface area (Å²) in [7, 11) is 3.63. The lowest BCUT2D eigenvalue weighted by atomic mass is 10.1. The fourth-order valence-electron chi connectivity index (χ4n) is 5.26. The highest BCUT2D eigenvalue weighted by atomic mass is 19.1. The topological polar surface area (TPSA) is 98.9 Å². The third-order valence-electron chi connectivity index (χ3n) is 7.55. The van der Waals surface area contributed by atoms with E-state index in [4.69, 9.17) is 14.2 Å². The maximum absolute atomic E-state index is 15.5. The van der Waals surface area contributed by atoms with Gasteiger partial charge in [-0.05, 0) is 42.0 Å². The summed E-state index contributed by atoms with van der Waals surface area (Å²) in [6.45, 7) is 2.60. The summed E-state index contributed by atoms with van der Waals surface area (Å²) in [5.41, 5.74) is 5.10. The molecule has 0 fully saturated rings. The number of carbonyl (C=O) groups is 1.